The minimum absolute atomic E-state index is 0.0866. The van der Waals surface area contributed by atoms with Gasteiger partial charge in [0.05, 0.1) is 18.7 Å². The van der Waals surface area contributed by atoms with Gasteiger partial charge in [0.15, 0.2) is 11.4 Å². The second-order valence-corrected chi connectivity index (χ2v) is 3.69. The van der Waals surface area contributed by atoms with Gasteiger partial charge in [-0.15, -0.1) is 0 Å². The number of aryl methyl sites for hydroxylation is 1. The molecule has 0 aliphatic heterocycles. The van der Waals surface area contributed by atoms with Gasteiger partial charge in [-0.25, -0.2) is 4.98 Å². The molecule has 0 unspecified atom stereocenters. The molecule has 0 saturated carbocycles. The van der Waals surface area contributed by atoms with Crippen LogP contribution in [0.3, 0.4) is 0 Å². The van der Waals surface area contributed by atoms with Crippen molar-refractivity contribution >= 4 is 22.8 Å². The van der Waals surface area contributed by atoms with E-state index < -0.39 is 0 Å². The summed E-state index contributed by atoms with van der Waals surface area (Å²) < 4.78 is 7.19. The van der Waals surface area contributed by atoms with Crippen LogP contribution in [-0.2, 0) is 7.05 Å². The van der Waals surface area contributed by atoms with Gasteiger partial charge in [0.1, 0.15) is 5.52 Å². The lowest BCUT2D eigenvalue weighted by Gasteiger charge is -2.02. The third-order valence-electron chi connectivity index (χ3n) is 2.12. The van der Waals surface area contributed by atoms with Gasteiger partial charge >= 0.3 is 0 Å². The number of hydrogen-bond acceptors (Lipinski definition) is 5. The third-order valence-corrected chi connectivity index (χ3v) is 2.29. The van der Waals surface area contributed by atoms with E-state index in [0.717, 1.165) is 0 Å². The number of hydrogen-bond donors (Lipinski definition) is 1. The first-order valence-corrected chi connectivity index (χ1v) is 5.13. The highest BCUT2D eigenvalue weighted by molar-refractivity contribution is 6.28. The molecule has 3 aromatic heterocycles. The number of fused-ring (bicyclic) bond motifs is 1. The molecular formula is C9H7ClN6O. The monoisotopic (exact) mass is 250 g/mol. The summed E-state index contributed by atoms with van der Waals surface area (Å²) >= 11 is 5.78. The van der Waals surface area contributed by atoms with Gasteiger partial charge in [-0.2, -0.15) is 15.1 Å². The van der Waals surface area contributed by atoms with Crippen LogP contribution in [0.15, 0.2) is 18.7 Å². The predicted molar refractivity (Wildman–Crippen MR) is 60.0 cm³/mol. The zero-order chi connectivity index (χ0) is 11.8. The standard InChI is InChI=1S/C9H7ClN6O/c1-16-3-5(2-13-16)17-8-6-7(12-4-11-6)14-9(10)15-8/h2-4H,1H3,(H,11,12,14,15). The molecule has 86 valence electrons. The SMILES string of the molecule is Cn1cc(Oc2nc(Cl)nc3nc[nH]c23)cn1. The highest BCUT2D eigenvalue weighted by Crippen LogP contribution is 2.25. The minimum Gasteiger partial charge on any atom is -0.434 e. The molecule has 0 aliphatic carbocycles. The molecule has 8 heteroatoms. The van der Waals surface area contributed by atoms with Crippen LogP contribution in [0.2, 0.25) is 5.28 Å². The summed E-state index contributed by atoms with van der Waals surface area (Å²) in [7, 11) is 1.80. The van der Waals surface area contributed by atoms with Gasteiger partial charge in [0, 0.05) is 7.05 Å². The number of halogens is 1. The van der Waals surface area contributed by atoms with Crippen molar-refractivity contribution in [1.29, 1.82) is 0 Å². The molecule has 0 aliphatic rings. The summed E-state index contributed by atoms with van der Waals surface area (Å²) in [6, 6.07) is 0. The first kappa shape index (κ1) is 10.0. The fourth-order valence-electron chi connectivity index (χ4n) is 1.42. The Morgan fingerprint density at radius 1 is 1.41 bits per heavy atom. The first-order valence-electron chi connectivity index (χ1n) is 4.75. The zero-order valence-corrected chi connectivity index (χ0v) is 9.51. The largest absolute Gasteiger partial charge is 0.434 e. The fourth-order valence-corrected chi connectivity index (χ4v) is 1.58. The van der Waals surface area contributed by atoms with Crippen LogP contribution in [0.1, 0.15) is 0 Å². The number of nitrogens with one attached hydrogen (secondary N) is 1. The lowest BCUT2D eigenvalue weighted by atomic mass is 10.5. The number of H-pyrrole nitrogens is 1. The maximum absolute atomic E-state index is 5.78. The van der Waals surface area contributed by atoms with E-state index in [1.165, 1.54) is 6.33 Å². The van der Waals surface area contributed by atoms with Gasteiger partial charge in [0.2, 0.25) is 11.2 Å². The van der Waals surface area contributed by atoms with Gasteiger partial charge < -0.3 is 9.72 Å². The Morgan fingerprint density at radius 2 is 2.29 bits per heavy atom. The number of imidazole rings is 1. The van der Waals surface area contributed by atoms with Crippen molar-refractivity contribution in [1.82, 2.24) is 29.7 Å². The van der Waals surface area contributed by atoms with Gasteiger partial charge in [-0.1, -0.05) is 0 Å². The summed E-state index contributed by atoms with van der Waals surface area (Å²) in [4.78, 5) is 14.8. The van der Waals surface area contributed by atoms with Gasteiger partial charge in [0.25, 0.3) is 0 Å². The van der Waals surface area contributed by atoms with Crippen molar-refractivity contribution in [2.24, 2.45) is 7.05 Å². The van der Waals surface area contributed by atoms with E-state index in [4.69, 9.17) is 16.3 Å². The van der Waals surface area contributed by atoms with Crippen molar-refractivity contribution < 1.29 is 4.74 Å². The molecular weight excluding hydrogens is 244 g/mol. The highest BCUT2D eigenvalue weighted by Gasteiger charge is 2.11. The number of aromatic nitrogens is 6. The molecule has 3 heterocycles. The second kappa shape index (κ2) is 3.70. The molecule has 0 amide bonds. The number of aromatic amines is 1. The van der Waals surface area contributed by atoms with Crippen molar-refractivity contribution in [3.05, 3.63) is 24.0 Å². The Hall–Kier alpha value is -2.15. The lowest BCUT2D eigenvalue weighted by Crippen LogP contribution is -1.92. The van der Waals surface area contributed by atoms with Gasteiger partial charge in [-0.3, -0.25) is 4.68 Å². The van der Waals surface area contributed by atoms with Crippen LogP contribution >= 0.6 is 11.6 Å². The molecule has 0 spiro atoms. The molecule has 17 heavy (non-hydrogen) atoms. The molecule has 3 aromatic rings. The average Bonchev–Trinajstić information content (AvgIpc) is 2.87. The molecule has 0 atom stereocenters. The first-order chi connectivity index (χ1) is 8.22. The van der Waals surface area contributed by atoms with Crippen LogP contribution in [0, 0.1) is 0 Å². The molecule has 7 nitrogen and oxygen atoms in total. The van der Waals surface area contributed by atoms with E-state index in [2.05, 4.69) is 25.0 Å². The number of rotatable bonds is 2. The quantitative estimate of drug-likeness (QED) is 0.698. The summed E-state index contributed by atoms with van der Waals surface area (Å²) in [5, 5.41) is 4.08. The Morgan fingerprint density at radius 3 is 3.06 bits per heavy atom. The second-order valence-electron chi connectivity index (χ2n) is 3.35. The van der Waals surface area contributed by atoms with Gasteiger partial charge in [-0.05, 0) is 11.6 Å². The van der Waals surface area contributed by atoms with Crippen LogP contribution < -0.4 is 4.74 Å². The summed E-state index contributed by atoms with van der Waals surface area (Å²) in [5.74, 6) is 0.892. The normalized spacial score (nSPS) is 10.9. The van der Waals surface area contributed by atoms with Crippen LogP contribution in [0.25, 0.3) is 11.2 Å². The van der Waals surface area contributed by atoms with E-state index in [0.29, 0.717) is 22.8 Å². The van der Waals surface area contributed by atoms with E-state index in [9.17, 15) is 0 Å². The van der Waals surface area contributed by atoms with Crippen molar-refractivity contribution in [3.8, 4) is 11.6 Å². The van der Waals surface area contributed by atoms with Crippen molar-refractivity contribution in [2.45, 2.75) is 0 Å². The summed E-state index contributed by atoms with van der Waals surface area (Å²) in [5.41, 5.74) is 1.06. The van der Waals surface area contributed by atoms with Crippen LogP contribution in [0.5, 0.6) is 11.6 Å². The maximum atomic E-state index is 5.78. The Bertz CT molecular complexity index is 675. The summed E-state index contributed by atoms with van der Waals surface area (Å²) in [6.07, 6.45) is 4.81. The molecule has 1 N–H and O–H groups in total. The lowest BCUT2D eigenvalue weighted by molar-refractivity contribution is 0.466. The third kappa shape index (κ3) is 1.80. The Balaban J connectivity index is 2.07. The average molecular weight is 251 g/mol. The van der Waals surface area contributed by atoms with Crippen LogP contribution in [-0.4, -0.2) is 29.7 Å². The fraction of sp³-hybridized carbons (Fsp3) is 0.111. The van der Waals surface area contributed by atoms with E-state index in [1.54, 1.807) is 24.1 Å². The number of nitrogens with zero attached hydrogens (tertiary/aromatic N) is 5. The molecule has 0 radical (unpaired) electrons. The molecule has 3 rings (SSSR count). The zero-order valence-electron chi connectivity index (χ0n) is 8.75. The molecule has 0 fully saturated rings. The highest BCUT2D eigenvalue weighted by atomic mass is 35.5. The molecule has 0 aromatic carbocycles. The topological polar surface area (TPSA) is 81.5 Å². The minimum atomic E-state index is 0.0866. The maximum Gasteiger partial charge on any atom is 0.250 e. The van der Waals surface area contributed by atoms with E-state index >= 15 is 0 Å². The smallest absolute Gasteiger partial charge is 0.250 e. The molecule has 0 saturated heterocycles. The van der Waals surface area contributed by atoms with Crippen molar-refractivity contribution in [2.75, 3.05) is 0 Å². The summed E-state index contributed by atoms with van der Waals surface area (Å²) in [6.45, 7) is 0. The van der Waals surface area contributed by atoms with E-state index in [1.807, 2.05) is 0 Å². The molecule has 0 bridgehead atoms. The van der Waals surface area contributed by atoms with Crippen molar-refractivity contribution in [3.63, 3.8) is 0 Å². The van der Waals surface area contributed by atoms with Crippen LogP contribution in [0.4, 0.5) is 0 Å². The Kier molecular flexibility index (Phi) is 2.19. The predicted octanol–water partition coefficient (Wildman–Crippen LogP) is 1.53. The number of ether oxygens (including phenoxy) is 1. The Labute approximate surface area is 100 Å². The van der Waals surface area contributed by atoms with E-state index in [-0.39, 0.29) is 5.28 Å².